The van der Waals surface area contributed by atoms with Crippen molar-refractivity contribution in [3.8, 4) is 0 Å². The summed E-state index contributed by atoms with van der Waals surface area (Å²) in [5, 5.41) is 13.4. The van der Waals surface area contributed by atoms with E-state index < -0.39 is 23.7 Å². The van der Waals surface area contributed by atoms with E-state index in [1.807, 2.05) is 0 Å². The molecule has 1 aliphatic heterocycles. The number of carbonyl (C=O) groups excluding carboxylic acids is 2. The highest BCUT2D eigenvalue weighted by Gasteiger charge is 2.26. The topological polar surface area (TPSA) is 106 Å². The van der Waals surface area contributed by atoms with E-state index in [9.17, 15) is 18.4 Å². The number of esters is 1. The zero-order chi connectivity index (χ0) is 24.1. The van der Waals surface area contributed by atoms with Gasteiger partial charge in [-0.2, -0.15) is 0 Å². The second kappa shape index (κ2) is 10.7. The minimum atomic E-state index is -0.696. The molecule has 1 aromatic carbocycles. The van der Waals surface area contributed by atoms with Crippen molar-refractivity contribution < 1.29 is 23.1 Å². The van der Waals surface area contributed by atoms with Crippen LogP contribution in [0.5, 0.6) is 0 Å². The Hall–Kier alpha value is -3.09. The van der Waals surface area contributed by atoms with Gasteiger partial charge in [-0.3, -0.25) is 9.59 Å². The van der Waals surface area contributed by atoms with Gasteiger partial charge < -0.3 is 20.3 Å². The minimum Gasteiger partial charge on any atom is -0.459 e. The highest BCUT2D eigenvalue weighted by atomic mass is 32.1. The number of carbonyl (C=O) groups is 2. The van der Waals surface area contributed by atoms with E-state index in [4.69, 9.17) is 17.0 Å². The van der Waals surface area contributed by atoms with Gasteiger partial charge >= 0.3 is 5.97 Å². The molecule has 1 saturated heterocycles. The van der Waals surface area contributed by atoms with Crippen molar-refractivity contribution in [3.05, 3.63) is 28.5 Å². The van der Waals surface area contributed by atoms with Crippen molar-refractivity contribution in [1.29, 1.82) is 0 Å². The average Bonchev–Trinajstić information content (AvgIpc) is 3.08. The molecule has 0 aliphatic carbocycles. The maximum Gasteiger partial charge on any atom is 0.303 e. The number of benzene rings is 1. The molecule has 2 N–H and O–H groups in total. The van der Waals surface area contributed by atoms with Crippen LogP contribution in [-0.4, -0.2) is 63.9 Å². The molecule has 1 atom stereocenters. The number of hydrogen-bond acceptors (Lipinski definition) is 8. The third-order valence-electron chi connectivity index (χ3n) is 5.33. The number of piperidine rings is 1. The number of halogens is 2. The molecule has 1 amide bonds. The Morgan fingerprint density at radius 3 is 2.33 bits per heavy atom. The maximum absolute atomic E-state index is 14.9. The molecule has 1 fully saturated rings. The lowest BCUT2D eigenvalue weighted by molar-refractivity contribution is -0.146. The molecular formula is C20H27F2N7O3S. The van der Waals surface area contributed by atoms with E-state index in [1.54, 1.807) is 16.6 Å². The number of aromatic nitrogens is 4. The third kappa shape index (κ3) is 6.24. The number of anilines is 2. The second-order valence-electron chi connectivity index (χ2n) is 7.89. The lowest BCUT2D eigenvalue weighted by Gasteiger charge is -2.33. The Kier molecular flexibility index (Phi) is 7.95. The number of tetrazole rings is 1. The molecule has 0 bridgehead atoms. The molecule has 2 aromatic rings. The van der Waals surface area contributed by atoms with Crippen LogP contribution in [-0.2, 0) is 21.4 Å². The first-order valence-corrected chi connectivity index (χ1v) is 10.9. The molecular weight excluding hydrogens is 456 g/mol. The number of nitrogens with one attached hydrogen (secondary N) is 2. The first-order chi connectivity index (χ1) is 15.7. The van der Waals surface area contributed by atoms with Gasteiger partial charge in [-0.05, 0) is 47.6 Å². The van der Waals surface area contributed by atoms with E-state index in [0.29, 0.717) is 30.7 Å². The lowest BCUT2D eigenvalue weighted by atomic mass is 10.0. The van der Waals surface area contributed by atoms with E-state index in [0.717, 1.165) is 0 Å². The largest absolute Gasteiger partial charge is 0.459 e. The van der Waals surface area contributed by atoms with Crippen molar-refractivity contribution >= 4 is 35.5 Å². The molecule has 0 radical (unpaired) electrons. The fourth-order valence-electron chi connectivity index (χ4n) is 3.74. The first-order valence-electron chi connectivity index (χ1n) is 10.5. The zero-order valence-electron chi connectivity index (χ0n) is 18.7. The van der Waals surface area contributed by atoms with Crippen molar-refractivity contribution in [2.75, 3.05) is 36.4 Å². The SMILES string of the molecule is CC(=O)NC[C@@H](CNc1cc(F)c(N2CCC(n3nnn(C)c3=S)CC2)c(F)c1)OC(C)=O. The lowest BCUT2D eigenvalue weighted by Crippen LogP contribution is -2.37. The highest BCUT2D eigenvalue weighted by Crippen LogP contribution is 2.32. The normalized spacial score (nSPS) is 15.2. The van der Waals surface area contributed by atoms with Gasteiger partial charge in [-0.15, -0.1) is 0 Å². The van der Waals surface area contributed by atoms with Gasteiger partial charge in [0.15, 0.2) is 11.6 Å². The predicted octanol–water partition coefficient (Wildman–Crippen LogP) is 1.95. The summed E-state index contributed by atoms with van der Waals surface area (Å²) in [6.45, 7) is 3.62. The zero-order valence-corrected chi connectivity index (χ0v) is 19.5. The van der Waals surface area contributed by atoms with Crippen molar-refractivity contribution in [1.82, 2.24) is 25.1 Å². The van der Waals surface area contributed by atoms with Crippen LogP contribution >= 0.6 is 12.2 Å². The van der Waals surface area contributed by atoms with Crippen LogP contribution in [0.1, 0.15) is 32.7 Å². The van der Waals surface area contributed by atoms with E-state index in [-0.39, 0.29) is 36.4 Å². The Morgan fingerprint density at radius 1 is 1.18 bits per heavy atom. The van der Waals surface area contributed by atoms with Crippen molar-refractivity contribution in [2.24, 2.45) is 7.05 Å². The summed E-state index contributed by atoms with van der Waals surface area (Å²) >= 11 is 5.29. The summed E-state index contributed by atoms with van der Waals surface area (Å²) in [6.07, 6.45) is 0.558. The summed E-state index contributed by atoms with van der Waals surface area (Å²) in [4.78, 5) is 24.1. The number of amides is 1. The van der Waals surface area contributed by atoms with Crippen LogP contribution < -0.4 is 15.5 Å². The summed E-state index contributed by atoms with van der Waals surface area (Å²) in [7, 11) is 1.72. The number of aryl methyl sites for hydroxylation is 1. The van der Waals surface area contributed by atoms with Gasteiger partial charge in [-0.25, -0.2) is 18.1 Å². The number of hydrogen-bond donors (Lipinski definition) is 2. The van der Waals surface area contributed by atoms with Crippen LogP contribution in [0.2, 0.25) is 0 Å². The fraction of sp³-hybridized carbons (Fsp3) is 0.550. The molecule has 2 heterocycles. The highest BCUT2D eigenvalue weighted by molar-refractivity contribution is 7.71. The molecule has 3 rings (SSSR count). The molecule has 0 saturated carbocycles. The van der Waals surface area contributed by atoms with Gasteiger partial charge in [0, 0.05) is 39.7 Å². The van der Waals surface area contributed by atoms with Crippen LogP contribution in [0, 0.1) is 16.4 Å². The van der Waals surface area contributed by atoms with E-state index >= 15 is 0 Å². The smallest absolute Gasteiger partial charge is 0.303 e. The Labute approximate surface area is 194 Å². The van der Waals surface area contributed by atoms with Gasteiger partial charge in [0.05, 0.1) is 19.1 Å². The summed E-state index contributed by atoms with van der Waals surface area (Å²) in [6, 6.07) is 2.43. The third-order valence-corrected chi connectivity index (χ3v) is 5.78. The molecule has 180 valence electrons. The van der Waals surface area contributed by atoms with Crippen LogP contribution in [0.3, 0.4) is 0 Å². The van der Waals surface area contributed by atoms with Gasteiger partial charge in [-0.1, -0.05) is 0 Å². The average molecular weight is 484 g/mol. The van der Waals surface area contributed by atoms with Crippen molar-refractivity contribution in [2.45, 2.75) is 38.8 Å². The monoisotopic (exact) mass is 483 g/mol. The summed E-state index contributed by atoms with van der Waals surface area (Å²) in [5.74, 6) is -2.19. The maximum atomic E-state index is 14.9. The Balaban J connectivity index is 1.64. The van der Waals surface area contributed by atoms with Gasteiger partial charge in [0.2, 0.25) is 10.7 Å². The van der Waals surface area contributed by atoms with E-state index in [1.165, 1.54) is 30.7 Å². The summed E-state index contributed by atoms with van der Waals surface area (Å²) in [5.41, 5.74) is 0.117. The molecule has 0 unspecified atom stereocenters. The minimum absolute atomic E-state index is 0.0244. The molecule has 33 heavy (non-hydrogen) atoms. The number of rotatable bonds is 8. The van der Waals surface area contributed by atoms with Crippen LogP contribution in [0.25, 0.3) is 0 Å². The molecule has 10 nitrogen and oxygen atoms in total. The van der Waals surface area contributed by atoms with Crippen LogP contribution in [0.4, 0.5) is 20.2 Å². The number of nitrogens with zero attached hydrogens (tertiary/aromatic N) is 5. The Bertz CT molecular complexity index is 1040. The summed E-state index contributed by atoms with van der Waals surface area (Å²) < 4.78 is 38.5. The molecule has 13 heteroatoms. The van der Waals surface area contributed by atoms with Gasteiger partial charge in [0.25, 0.3) is 0 Å². The first kappa shape index (κ1) is 24.6. The predicted molar refractivity (Wildman–Crippen MR) is 119 cm³/mol. The number of ether oxygens (including phenoxy) is 1. The molecule has 0 spiro atoms. The van der Waals surface area contributed by atoms with Crippen LogP contribution in [0.15, 0.2) is 12.1 Å². The van der Waals surface area contributed by atoms with Gasteiger partial charge in [0.1, 0.15) is 11.8 Å². The molecule has 1 aromatic heterocycles. The quantitative estimate of drug-likeness (QED) is 0.434. The van der Waals surface area contributed by atoms with Crippen molar-refractivity contribution in [3.63, 3.8) is 0 Å². The van der Waals surface area contributed by atoms with E-state index in [2.05, 4.69) is 21.1 Å². The standard InChI is InChI=1S/C20H27F2N7O3S/c1-12(30)23-10-16(32-13(2)31)11-24-14-8-17(21)19(18(22)9-14)28-6-4-15(5-7-28)29-20(33)27(3)25-26-29/h8-9,15-16,24H,4-7,10-11H2,1-3H3,(H,23,30)/t16-/m0/s1. The fourth-order valence-corrected chi connectivity index (χ4v) is 3.96. The Morgan fingerprint density at radius 2 is 1.82 bits per heavy atom. The molecule has 1 aliphatic rings. The second-order valence-corrected chi connectivity index (χ2v) is 8.25.